The van der Waals surface area contributed by atoms with E-state index in [1.54, 1.807) is 6.20 Å². The first-order valence-electron chi connectivity index (χ1n) is 4.83. The van der Waals surface area contributed by atoms with Gasteiger partial charge in [0.25, 0.3) is 5.91 Å². The van der Waals surface area contributed by atoms with Crippen molar-refractivity contribution in [3.05, 3.63) is 36.0 Å². The van der Waals surface area contributed by atoms with E-state index >= 15 is 0 Å². The summed E-state index contributed by atoms with van der Waals surface area (Å²) in [6.07, 6.45) is 0.150. The number of imide groups is 1. The molecule has 1 aromatic heterocycles. The third kappa shape index (κ3) is 1.18. The van der Waals surface area contributed by atoms with Crippen LogP contribution in [-0.2, 0) is 9.53 Å². The summed E-state index contributed by atoms with van der Waals surface area (Å²) in [5, 5.41) is 2.99. The molecule has 0 saturated carbocycles. The van der Waals surface area contributed by atoms with Crippen molar-refractivity contribution in [2.45, 2.75) is 6.10 Å². The minimum atomic E-state index is -0.844. The van der Waals surface area contributed by atoms with Crippen LogP contribution in [0.3, 0.4) is 0 Å². The highest BCUT2D eigenvalue weighted by molar-refractivity contribution is 6.02. The summed E-state index contributed by atoms with van der Waals surface area (Å²) >= 11 is 0. The summed E-state index contributed by atoms with van der Waals surface area (Å²) in [6, 6.07) is 7.53. The lowest BCUT2D eigenvalue weighted by Gasteiger charge is -2.03. The number of para-hydroxylation sites is 1. The van der Waals surface area contributed by atoms with Crippen LogP contribution in [0.1, 0.15) is 11.7 Å². The molecule has 3 rings (SSSR count). The molecule has 1 saturated heterocycles. The zero-order valence-corrected chi connectivity index (χ0v) is 8.19. The van der Waals surface area contributed by atoms with Crippen molar-refractivity contribution in [2.75, 3.05) is 0 Å². The molecule has 1 atom stereocenters. The number of aromatic nitrogens is 1. The Kier molecular flexibility index (Phi) is 1.73. The Morgan fingerprint density at radius 3 is 2.75 bits per heavy atom. The van der Waals surface area contributed by atoms with E-state index in [2.05, 4.69) is 10.3 Å². The Morgan fingerprint density at radius 2 is 2.00 bits per heavy atom. The summed E-state index contributed by atoms with van der Waals surface area (Å²) < 4.78 is 4.91. The highest BCUT2D eigenvalue weighted by Gasteiger charge is 2.35. The fraction of sp³-hybridized carbons (Fsp3) is 0.0909. The van der Waals surface area contributed by atoms with E-state index in [1.165, 1.54) is 0 Å². The largest absolute Gasteiger partial charge is 0.431 e. The van der Waals surface area contributed by atoms with Gasteiger partial charge in [0.1, 0.15) is 0 Å². The van der Waals surface area contributed by atoms with Crippen LogP contribution in [0.25, 0.3) is 10.9 Å². The number of hydrogen-bond acceptors (Lipinski definition) is 3. The average molecular weight is 216 g/mol. The predicted molar refractivity (Wildman–Crippen MR) is 55.7 cm³/mol. The molecule has 0 radical (unpaired) electrons. The number of benzene rings is 1. The van der Waals surface area contributed by atoms with Gasteiger partial charge >= 0.3 is 6.09 Å². The first-order valence-corrected chi connectivity index (χ1v) is 4.83. The second-order valence-corrected chi connectivity index (χ2v) is 3.56. The van der Waals surface area contributed by atoms with Crippen LogP contribution in [-0.4, -0.2) is 17.0 Å². The zero-order chi connectivity index (χ0) is 11.1. The van der Waals surface area contributed by atoms with Crippen molar-refractivity contribution >= 4 is 22.9 Å². The van der Waals surface area contributed by atoms with Crippen molar-refractivity contribution in [2.24, 2.45) is 0 Å². The molecule has 1 aliphatic rings. The van der Waals surface area contributed by atoms with Crippen LogP contribution in [0.2, 0.25) is 0 Å². The molecule has 80 valence electrons. The number of aromatic amines is 1. The maximum Gasteiger partial charge on any atom is 0.415 e. The second-order valence-electron chi connectivity index (χ2n) is 3.56. The van der Waals surface area contributed by atoms with Gasteiger partial charge in [-0.05, 0) is 6.07 Å². The number of nitrogens with one attached hydrogen (secondary N) is 2. The Hall–Kier alpha value is -2.30. The van der Waals surface area contributed by atoms with Crippen molar-refractivity contribution in [3.63, 3.8) is 0 Å². The fourth-order valence-electron chi connectivity index (χ4n) is 1.87. The first-order chi connectivity index (χ1) is 7.75. The lowest BCUT2D eigenvalue weighted by Crippen LogP contribution is -2.20. The van der Waals surface area contributed by atoms with Gasteiger partial charge in [-0.15, -0.1) is 0 Å². The molecule has 0 bridgehead atoms. The molecular weight excluding hydrogens is 208 g/mol. The Balaban J connectivity index is 2.13. The van der Waals surface area contributed by atoms with Gasteiger partial charge in [0.15, 0.2) is 0 Å². The van der Waals surface area contributed by atoms with E-state index < -0.39 is 18.1 Å². The summed E-state index contributed by atoms with van der Waals surface area (Å²) in [5.74, 6) is -0.422. The van der Waals surface area contributed by atoms with Gasteiger partial charge in [-0.1, -0.05) is 18.2 Å². The monoisotopic (exact) mass is 216 g/mol. The second kappa shape index (κ2) is 3.10. The highest BCUT2D eigenvalue weighted by Crippen LogP contribution is 2.28. The fourth-order valence-corrected chi connectivity index (χ4v) is 1.87. The van der Waals surface area contributed by atoms with Crippen LogP contribution < -0.4 is 5.32 Å². The molecular formula is C11H8N2O3. The van der Waals surface area contributed by atoms with E-state index in [4.69, 9.17) is 4.74 Å². The van der Waals surface area contributed by atoms with E-state index in [-0.39, 0.29) is 0 Å². The molecule has 2 N–H and O–H groups in total. The molecule has 5 heteroatoms. The van der Waals surface area contributed by atoms with Crippen molar-refractivity contribution in [1.29, 1.82) is 0 Å². The summed E-state index contributed by atoms with van der Waals surface area (Å²) in [6.45, 7) is 0. The first kappa shape index (κ1) is 8.96. The van der Waals surface area contributed by atoms with Gasteiger partial charge in [0, 0.05) is 22.7 Å². The van der Waals surface area contributed by atoms with Crippen LogP contribution >= 0.6 is 0 Å². The molecule has 1 fully saturated rings. The minimum Gasteiger partial charge on any atom is -0.431 e. The summed E-state index contributed by atoms with van der Waals surface area (Å²) in [7, 11) is 0. The maximum atomic E-state index is 11.5. The average Bonchev–Trinajstić information content (AvgIpc) is 2.81. The third-order valence-electron chi connectivity index (χ3n) is 2.59. The third-order valence-corrected chi connectivity index (χ3v) is 2.59. The van der Waals surface area contributed by atoms with Crippen LogP contribution in [0.5, 0.6) is 0 Å². The molecule has 0 spiro atoms. The topological polar surface area (TPSA) is 71.2 Å². The number of carbonyl (C=O) groups is 2. The molecule has 1 aliphatic heterocycles. The molecule has 2 aromatic rings. The Bertz CT molecular complexity index is 588. The lowest BCUT2D eigenvalue weighted by molar-refractivity contribution is -0.123. The number of cyclic esters (lactones) is 1. The molecule has 2 heterocycles. The normalized spacial score (nSPS) is 19.9. The molecule has 5 nitrogen and oxygen atoms in total. The van der Waals surface area contributed by atoms with Crippen LogP contribution in [0.4, 0.5) is 4.79 Å². The van der Waals surface area contributed by atoms with Gasteiger partial charge in [-0.25, -0.2) is 4.79 Å². The molecule has 2 amide bonds. The molecule has 0 aliphatic carbocycles. The number of amides is 2. The number of alkyl carbamates (subject to hydrolysis) is 1. The maximum absolute atomic E-state index is 11.5. The van der Waals surface area contributed by atoms with Gasteiger partial charge in [-0.3, -0.25) is 10.1 Å². The van der Waals surface area contributed by atoms with E-state index in [1.807, 2.05) is 24.3 Å². The lowest BCUT2D eigenvalue weighted by atomic mass is 10.1. The SMILES string of the molecule is O=C1NC(=O)[C@H](c2c[nH]c3ccccc23)O1. The Morgan fingerprint density at radius 1 is 1.19 bits per heavy atom. The Labute approximate surface area is 90.4 Å². The van der Waals surface area contributed by atoms with E-state index in [0.717, 1.165) is 10.9 Å². The number of H-pyrrole nitrogens is 1. The summed E-state index contributed by atoms with van der Waals surface area (Å²) in [4.78, 5) is 25.4. The number of hydrogen-bond donors (Lipinski definition) is 2. The number of fused-ring (bicyclic) bond motifs is 1. The quantitative estimate of drug-likeness (QED) is 0.758. The van der Waals surface area contributed by atoms with Crippen molar-refractivity contribution < 1.29 is 14.3 Å². The van der Waals surface area contributed by atoms with Gasteiger partial charge < -0.3 is 9.72 Å². The van der Waals surface area contributed by atoms with Gasteiger partial charge in [-0.2, -0.15) is 0 Å². The van der Waals surface area contributed by atoms with Crippen molar-refractivity contribution in [3.8, 4) is 0 Å². The van der Waals surface area contributed by atoms with Gasteiger partial charge in [0.2, 0.25) is 6.10 Å². The van der Waals surface area contributed by atoms with Gasteiger partial charge in [0.05, 0.1) is 0 Å². The molecule has 16 heavy (non-hydrogen) atoms. The highest BCUT2D eigenvalue weighted by atomic mass is 16.6. The number of carbonyl (C=O) groups excluding carboxylic acids is 2. The van der Waals surface area contributed by atoms with E-state index in [0.29, 0.717) is 5.56 Å². The molecule has 0 unspecified atom stereocenters. The summed E-state index contributed by atoms with van der Waals surface area (Å²) in [5.41, 5.74) is 1.59. The predicted octanol–water partition coefficient (Wildman–Crippen LogP) is 1.48. The number of rotatable bonds is 1. The van der Waals surface area contributed by atoms with Crippen LogP contribution in [0.15, 0.2) is 30.5 Å². The zero-order valence-electron chi connectivity index (χ0n) is 8.19. The standard InChI is InChI=1S/C11H8N2O3/c14-10-9(16-11(15)13-10)7-5-12-8-4-2-1-3-6(7)8/h1-5,9,12H,(H,13,14,15)/t9-/m0/s1. The van der Waals surface area contributed by atoms with Crippen molar-refractivity contribution in [1.82, 2.24) is 10.3 Å². The smallest absolute Gasteiger partial charge is 0.415 e. The molecule has 1 aromatic carbocycles. The minimum absolute atomic E-state index is 0.422. The van der Waals surface area contributed by atoms with E-state index in [9.17, 15) is 9.59 Å². The number of ether oxygens (including phenoxy) is 1. The van der Waals surface area contributed by atoms with Crippen LogP contribution in [0, 0.1) is 0 Å².